The average molecular weight is 371 g/mol. The molecule has 140 valence electrons. The van der Waals surface area contributed by atoms with Gasteiger partial charge in [-0.15, -0.1) is 0 Å². The third kappa shape index (κ3) is 3.42. The Labute approximate surface area is 163 Å². The molecule has 3 aromatic heterocycles. The number of anilines is 1. The first kappa shape index (κ1) is 18.0. The lowest BCUT2D eigenvalue weighted by atomic mass is 9.92. The summed E-state index contributed by atoms with van der Waals surface area (Å²) in [5.41, 5.74) is 11.1. The number of hydrogen-bond donors (Lipinski definition) is 1. The van der Waals surface area contributed by atoms with Gasteiger partial charge in [-0.25, -0.2) is 15.0 Å². The molecule has 0 radical (unpaired) electrons. The Hall–Kier alpha value is -3.37. The number of fused-ring (bicyclic) bond motifs is 1. The lowest BCUT2D eigenvalue weighted by Crippen LogP contribution is -2.32. The summed E-state index contributed by atoms with van der Waals surface area (Å²) in [6.07, 6.45) is 6.90. The fourth-order valence-electron chi connectivity index (χ4n) is 3.59. The van der Waals surface area contributed by atoms with E-state index in [0.717, 1.165) is 59.8 Å². The van der Waals surface area contributed by atoms with Gasteiger partial charge in [0.25, 0.3) is 0 Å². The number of nitrogens with zero attached hydrogens (tertiary/aromatic N) is 6. The van der Waals surface area contributed by atoms with Gasteiger partial charge in [-0.3, -0.25) is 9.88 Å². The van der Waals surface area contributed by atoms with Crippen LogP contribution in [0.1, 0.15) is 35.3 Å². The van der Waals surface area contributed by atoms with Crippen LogP contribution in [0.5, 0.6) is 0 Å². The van der Waals surface area contributed by atoms with E-state index in [1.54, 1.807) is 18.6 Å². The largest absolute Gasteiger partial charge is 0.383 e. The molecule has 2 N–H and O–H groups in total. The van der Waals surface area contributed by atoms with Crippen molar-refractivity contribution >= 4 is 5.82 Å². The second-order valence-corrected chi connectivity index (χ2v) is 6.81. The number of rotatable bonds is 4. The van der Waals surface area contributed by atoms with Gasteiger partial charge in [0.1, 0.15) is 23.3 Å². The summed E-state index contributed by atoms with van der Waals surface area (Å²) in [5.74, 6) is 1.05. The van der Waals surface area contributed by atoms with Crippen molar-refractivity contribution in [2.45, 2.75) is 32.9 Å². The van der Waals surface area contributed by atoms with E-state index in [4.69, 9.17) is 5.73 Å². The van der Waals surface area contributed by atoms with Gasteiger partial charge in [0, 0.05) is 67.9 Å². The topological polar surface area (TPSA) is 105 Å². The molecule has 4 heterocycles. The van der Waals surface area contributed by atoms with Gasteiger partial charge in [0.05, 0.1) is 5.69 Å². The van der Waals surface area contributed by atoms with Gasteiger partial charge < -0.3 is 5.73 Å². The van der Waals surface area contributed by atoms with Gasteiger partial charge in [-0.1, -0.05) is 13.0 Å². The van der Waals surface area contributed by atoms with Crippen LogP contribution in [0.4, 0.5) is 5.82 Å². The van der Waals surface area contributed by atoms with Crippen LogP contribution < -0.4 is 5.73 Å². The standard InChI is InChI=1S/C21H21N7/c1-2-19-25-10-14(11-26-19)20-16(9-22)21(23)27-18-6-8-28(13-17(18)20)12-15-5-3-4-7-24-15/h3-5,7,10-11H,2,6,8,12-13H2,1H3,(H2,23,27). The summed E-state index contributed by atoms with van der Waals surface area (Å²) in [6.45, 7) is 4.31. The summed E-state index contributed by atoms with van der Waals surface area (Å²) in [5, 5.41) is 9.73. The Morgan fingerprint density at radius 1 is 1.21 bits per heavy atom. The van der Waals surface area contributed by atoms with Gasteiger partial charge in [0.2, 0.25) is 0 Å². The molecule has 3 aromatic rings. The van der Waals surface area contributed by atoms with Crippen LogP contribution in [0.25, 0.3) is 11.1 Å². The van der Waals surface area contributed by atoms with Crippen LogP contribution in [0.2, 0.25) is 0 Å². The molecular weight excluding hydrogens is 350 g/mol. The molecule has 0 saturated heterocycles. The molecule has 0 aliphatic carbocycles. The van der Waals surface area contributed by atoms with Crippen molar-refractivity contribution in [2.75, 3.05) is 12.3 Å². The highest BCUT2D eigenvalue weighted by Crippen LogP contribution is 2.34. The maximum absolute atomic E-state index is 9.73. The molecule has 0 amide bonds. The Kier molecular flexibility index (Phi) is 4.96. The SMILES string of the molecule is CCc1ncc(-c2c(C#N)c(N)nc3c2CN(Cc2ccccn2)CC3)cn1. The fraction of sp³-hybridized carbons (Fsp3) is 0.286. The molecule has 0 saturated carbocycles. The van der Waals surface area contributed by atoms with Crippen LogP contribution in [0.3, 0.4) is 0 Å². The van der Waals surface area contributed by atoms with E-state index < -0.39 is 0 Å². The van der Waals surface area contributed by atoms with Gasteiger partial charge in [-0.05, 0) is 17.7 Å². The minimum atomic E-state index is 0.272. The molecule has 0 bridgehead atoms. The lowest BCUT2D eigenvalue weighted by molar-refractivity contribution is 0.241. The summed E-state index contributed by atoms with van der Waals surface area (Å²) < 4.78 is 0. The Bertz CT molecular complexity index is 1020. The number of hydrogen-bond acceptors (Lipinski definition) is 7. The van der Waals surface area contributed by atoms with Crippen molar-refractivity contribution < 1.29 is 0 Å². The molecule has 0 unspecified atom stereocenters. The highest BCUT2D eigenvalue weighted by molar-refractivity contribution is 5.78. The summed E-state index contributed by atoms with van der Waals surface area (Å²) in [7, 11) is 0. The predicted octanol–water partition coefficient (Wildman–Crippen LogP) is 2.51. The van der Waals surface area contributed by atoms with Gasteiger partial charge in [-0.2, -0.15) is 5.26 Å². The lowest BCUT2D eigenvalue weighted by Gasteiger charge is -2.30. The minimum absolute atomic E-state index is 0.272. The number of nitrogens with two attached hydrogens (primary N) is 1. The van der Waals surface area contributed by atoms with E-state index in [1.165, 1.54) is 0 Å². The molecule has 0 spiro atoms. The number of nitriles is 1. The molecular formula is C21H21N7. The third-order valence-corrected chi connectivity index (χ3v) is 4.99. The Balaban J connectivity index is 1.75. The second kappa shape index (κ2) is 7.71. The quantitative estimate of drug-likeness (QED) is 0.751. The third-order valence-electron chi connectivity index (χ3n) is 4.99. The smallest absolute Gasteiger partial charge is 0.142 e. The number of aryl methyl sites for hydroxylation is 1. The van der Waals surface area contributed by atoms with Crippen molar-refractivity contribution in [2.24, 2.45) is 0 Å². The van der Waals surface area contributed by atoms with Crippen LogP contribution in [-0.4, -0.2) is 31.4 Å². The number of aromatic nitrogens is 4. The molecule has 0 fully saturated rings. The Morgan fingerprint density at radius 2 is 2.04 bits per heavy atom. The Morgan fingerprint density at radius 3 is 2.71 bits per heavy atom. The van der Waals surface area contributed by atoms with E-state index in [2.05, 4.69) is 30.9 Å². The van der Waals surface area contributed by atoms with E-state index in [9.17, 15) is 5.26 Å². The fourth-order valence-corrected chi connectivity index (χ4v) is 3.59. The minimum Gasteiger partial charge on any atom is -0.383 e. The van der Waals surface area contributed by atoms with Crippen LogP contribution in [-0.2, 0) is 25.9 Å². The van der Waals surface area contributed by atoms with Crippen molar-refractivity contribution in [3.8, 4) is 17.2 Å². The first-order valence-electron chi connectivity index (χ1n) is 9.34. The van der Waals surface area contributed by atoms with E-state index in [-0.39, 0.29) is 5.82 Å². The first-order chi connectivity index (χ1) is 13.7. The van der Waals surface area contributed by atoms with E-state index in [0.29, 0.717) is 12.1 Å². The van der Waals surface area contributed by atoms with Crippen molar-refractivity contribution in [3.05, 3.63) is 65.1 Å². The zero-order valence-electron chi connectivity index (χ0n) is 15.8. The monoisotopic (exact) mass is 371 g/mol. The van der Waals surface area contributed by atoms with Gasteiger partial charge in [0.15, 0.2) is 0 Å². The van der Waals surface area contributed by atoms with Crippen LogP contribution in [0.15, 0.2) is 36.8 Å². The first-order valence-corrected chi connectivity index (χ1v) is 9.34. The molecule has 0 atom stereocenters. The van der Waals surface area contributed by atoms with Crippen molar-refractivity contribution in [1.82, 2.24) is 24.8 Å². The molecule has 28 heavy (non-hydrogen) atoms. The summed E-state index contributed by atoms with van der Waals surface area (Å²) >= 11 is 0. The zero-order chi connectivity index (χ0) is 19.5. The highest BCUT2D eigenvalue weighted by atomic mass is 15.1. The number of pyridine rings is 2. The van der Waals surface area contributed by atoms with Crippen LogP contribution >= 0.6 is 0 Å². The van der Waals surface area contributed by atoms with Crippen molar-refractivity contribution in [3.63, 3.8) is 0 Å². The predicted molar refractivity (Wildman–Crippen MR) is 106 cm³/mol. The normalized spacial score (nSPS) is 13.7. The second-order valence-electron chi connectivity index (χ2n) is 6.81. The van der Waals surface area contributed by atoms with E-state index >= 15 is 0 Å². The molecule has 1 aliphatic rings. The maximum Gasteiger partial charge on any atom is 0.142 e. The molecule has 7 heteroatoms. The molecule has 4 rings (SSSR count). The van der Waals surface area contributed by atoms with Gasteiger partial charge >= 0.3 is 0 Å². The summed E-state index contributed by atoms with van der Waals surface area (Å²) in [4.78, 5) is 20.1. The zero-order valence-corrected chi connectivity index (χ0v) is 15.8. The van der Waals surface area contributed by atoms with E-state index in [1.807, 2.05) is 25.1 Å². The van der Waals surface area contributed by atoms with Crippen LogP contribution in [0, 0.1) is 11.3 Å². The number of nitrogen functional groups attached to an aromatic ring is 1. The molecule has 1 aliphatic heterocycles. The maximum atomic E-state index is 9.73. The molecule has 0 aromatic carbocycles. The molecule has 7 nitrogen and oxygen atoms in total. The highest BCUT2D eigenvalue weighted by Gasteiger charge is 2.26. The summed E-state index contributed by atoms with van der Waals surface area (Å²) in [6, 6.07) is 8.17. The van der Waals surface area contributed by atoms with Crippen molar-refractivity contribution in [1.29, 1.82) is 5.26 Å². The average Bonchev–Trinajstić information content (AvgIpc) is 2.74.